The molecule has 208 valence electrons. The lowest BCUT2D eigenvalue weighted by Gasteiger charge is -2.32. The zero-order chi connectivity index (χ0) is 28.6. The SMILES string of the molecule is CCNC(=O)[C@H](C)N(Cc1cccc(OC)c1)C(=O)CN(c1ccc(OC)cc1)S(=O)(=O)c1ccc(C)cc1. The number of hydrogen-bond acceptors (Lipinski definition) is 6. The van der Waals surface area contributed by atoms with Gasteiger partial charge in [-0.1, -0.05) is 29.8 Å². The molecule has 39 heavy (non-hydrogen) atoms. The number of rotatable bonds is 12. The normalized spacial score (nSPS) is 11.8. The summed E-state index contributed by atoms with van der Waals surface area (Å²) in [5.74, 6) is 0.267. The molecule has 0 saturated carbocycles. The number of benzene rings is 3. The average molecular weight is 554 g/mol. The fourth-order valence-electron chi connectivity index (χ4n) is 3.99. The fourth-order valence-corrected chi connectivity index (χ4v) is 5.40. The van der Waals surface area contributed by atoms with E-state index in [1.54, 1.807) is 75.6 Å². The molecule has 0 radical (unpaired) electrons. The lowest BCUT2D eigenvalue weighted by Crippen LogP contribution is -2.51. The minimum absolute atomic E-state index is 0.0489. The van der Waals surface area contributed by atoms with Crippen molar-refractivity contribution in [2.24, 2.45) is 0 Å². The molecule has 0 saturated heterocycles. The van der Waals surface area contributed by atoms with Crippen molar-refractivity contribution in [1.82, 2.24) is 10.2 Å². The number of nitrogens with one attached hydrogen (secondary N) is 1. The van der Waals surface area contributed by atoms with Crippen molar-refractivity contribution in [1.29, 1.82) is 0 Å². The number of hydrogen-bond donors (Lipinski definition) is 1. The number of carbonyl (C=O) groups excluding carboxylic acids is 2. The first-order valence-corrected chi connectivity index (χ1v) is 14.0. The first-order chi connectivity index (χ1) is 18.6. The first kappa shape index (κ1) is 29.5. The van der Waals surface area contributed by atoms with Crippen LogP contribution in [0.4, 0.5) is 5.69 Å². The Morgan fingerprint density at radius 2 is 1.56 bits per heavy atom. The van der Waals surface area contributed by atoms with Crippen LogP contribution in [0.25, 0.3) is 0 Å². The molecule has 0 heterocycles. The second-order valence-electron chi connectivity index (χ2n) is 8.97. The highest BCUT2D eigenvalue weighted by Gasteiger charge is 2.32. The maximum atomic E-state index is 13.9. The molecule has 0 aliphatic rings. The van der Waals surface area contributed by atoms with Crippen LogP contribution in [0, 0.1) is 6.92 Å². The van der Waals surface area contributed by atoms with E-state index in [4.69, 9.17) is 9.47 Å². The zero-order valence-electron chi connectivity index (χ0n) is 22.9. The van der Waals surface area contributed by atoms with Gasteiger partial charge in [-0.2, -0.15) is 0 Å². The number of methoxy groups -OCH3 is 2. The Bertz CT molecular complexity index is 1370. The minimum Gasteiger partial charge on any atom is -0.497 e. The van der Waals surface area contributed by atoms with Gasteiger partial charge in [0.2, 0.25) is 11.8 Å². The molecule has 3 aromatic rings. The Morgan fingerprint density at radius 3 is 2.15 bits per heavy atom. The van der Waals surface area contributed by atoms with E-state index < -0.39 is 28.5 Å². The molecule has 0 aromatic heterocycles. The summed E-state index contributed by atoms with van der Waals surface area (Å²) in [7, 11) is -1.08. The number of aryl methyl sites for hydroxylation is 1. The summed E-state index contributed by atoms with van der Waals surface area (Å²) >= 11 is 0. The highest BCUT2D eigenvalue weighted by molar-refractivity contribution is 7.92. The summed E-state index contributed by atoms with van der Waals surface area (Å²) in [6.45, 7) is 5.23. The predicted molar refractivity (Wildman–Crippen MR) is 150 cm³/mol. The van der Waals surface area contributed by atoms with E-state index >= 15 is 0 Å². The van der Waals surface area contributed by atoms with Crippen LogP contribution in [0.3, 0.4) is 0 Å². The maximum Gasteiger partial charge on any atom is 0.264 e. The van der Waals surface area contributed by atoms with Crippen LogP contribution in [0.1, 0.15) is 25.0 Å². The average Bonchev–Trinajstić information content (AvgIpc) is 2.94. The molecule has 0 unspecified atom stereocenters. The van der Waals surface area contributed by atoms with Gasteiger partial charge >= 0.3 is 0 Å². The molecule has 0 aliphatic heterocycles. The van der Waals surface area contributed by atoms with Crippen LogP contribution in [-0.2, 0) is 26.2 Å². The maximum absolute atomic E-state index is 13.9. The van der Waals surface area contributed by atoms with Gasteiger partial charge in [0.05, 0.1) is 24.8 Å². The zero-order valence-corrected chi connectivity index (χ0v) is 23.7. The Morgan fingerprint density at radius 1 is 0.923 bits per heavy atom. The monoisotopic (exact) mass is 553 g/mol. The molecule has 0 fully saturated rings. The molecule has 9 nitrogen and oxygen atoms in total. The van der Waals surface area contributed by atoms with E-state index in [0.29, 0.717) is 18.0 Å². The van der Waals surface area contributed by atoms with Crippen molar-refractivity contribution in [3.63, 3.8) is 0 Å². The van der Waals surface area contributed by atoms with Crippen LogP contribution >= 0.6 is 0 Å². The number of likely N-dealkylation sites (N-methyl/N-ethyl adjacent to an activating group) is 1. The van der Waals surface area contributed by atoms with Gasteiger partial charge < -0.3 is 19.7 Å². The molecule has 1 N–H and O–H groups in total. The van der Waals surface area contributed by atoms with Gasteiger partial charge in [-0.25, -0.2) is 8.42 Å². The van der Waals surface area contributed by atoms with Gasteiger partial charge in [0, 0.05) is 13.1 Å². The summed E-state index contributed by atoms with van der Waals surface area (Å²) in [6.07, 6.45) is 0. The van der Waals surface area contributed by atoms with E-state index in [-0.39, 0.29) is 23.0 Å². The molecular weight excluding hydrogens is 518 g/mol. The topological polar surface area (TPSA) is 105 Å². The van der Waals surface area contributed by atoms with E-state index in [9.17, 15) is 18.0 Å². The Labute approximate surface area is 230 Å². The molecule has 3 rings (SSSR count). The second-order valence-corrected chi connectivity index (χ2v) is 10.8. The highest BCUT2D eigenvalue weighted by Crippen LogP contribution is 2.27. The summed E-state index contributed by atoms with van der Waals surface area (Å²) in [5.41, 5.74) is 1.93. The van der Waals surface area contributed by atoms with Crippen LogP contribution < -0.4 is 19.1 Å². The largest absolute Gasteiger partial charge is 0.497 e. The smallest absolute Gasteiger partial charge is 0.264 e. The number of carbonyl (C=O) groups is 2. The van der Waals surface area contributed by atoms with E-state index in [0.717, 1.165) is 15.4 Å². The number of sulfonamides is 1. The lowest BCUT2D eigenvalue weighted by molar-refractivity contribution is -0.139. The number of nitrogens with zero attached hydrogens (tertiary/aromatic N) is 2. The quantitative estimate of drug-likeness (QED) is 0.366. The number of anilines is 1. The standard InChI is InChI=1S/C29H35N3O6S/c1-6-30-29(34)22(3)31(19-23-8-7-9-26(18-23)38-5)28(33)20-32(24-12-14-25(37-4)15-13-24)39(35,36)27-16-10-21(2)11-17-27/h7-18,22H,6,19-20H2,1-5H3,(H,30,34)/t22-/m0/s1. The molecule has 2 amide bonds. The van der Waals surface area contributed by atoms with Crippen LogP contribution in [0.5, 0.6) is 11.5 Å². The van der Waals surface area contributed by atoms with Crippen molar-refractivity contribution < 1.29 is 27.5 Å². The summed E-state index contributed by atoms with van der Waals surface area (Å²) in [5, 5.41) is 2.74. The molecule has 0 spiro atoms. The van der Waals surface area contributed by atoms with E-state index in [2.05, 4.69) is 5.32 Å². The molecule has 0 bridgehead atoms. The van der Waals surface area contributed by atoms with Gasteiger partial charge in [-0.15, -0.1) is 0 Å². The third-order valence-electron chi connectivity index (χ3n) is 6.25. The Kier molecular flexibility index (Phi) is 9.95. The summed E-state index contributed by atoms with van der Waals surface area (Å²) in [6, 6.07) is 19.1. The van der Waals surface area contributed by atoms with Crippen molar-refractivity contribution in [3.8, 4) is 11.5 Å². The van der Waals surface area contributed by atoms with E-state index in [1.807, 2.05) is 13.0 Å². The number of ether oxygens (including phenoxy) is 2. The van der Waals surface area contributed by atoms with Gasteiger partial charge in [0.1, 0.15) is 24.1 Å². The van der Waals surface area contributed by atoms with Gasteiger partial charge in [-0.05, 0) is 74.9 Å². The first-order valence-electron chi connectivity index (χ1n) is 12.5. The molecule has 1 atom stereocenters. The van der Waals surface area contributed by atoms with Gasteiger partial charge in [0.25, 0.3) is 10.0 Å². The highest BCUT2D eigenvalue weighted by atomic mass is 32.2. The van der Waals surface area contributed by atoms with Crippen LogP contribution in [0.2, 0.25) is 0 Å². The lowest BCUT2D eigenvalue weighted by atomic mass is 10.1. The molecular formula is C29H35N3O6S. The molecule has 3 aromatic carbocycles. The number of amides is 2. The fraction of sp³-hybridized carbons (Fsp3) is 0.310. The molecule has 10 heteroatoms. The third-order valence-corrected chi connectivity index (χ3v) is 8.04. The predicted octanol–water partition coefficient (Wildman–Crippen LogP) is 3.76. The van der Waals surface area contributed by atoms with Gasteiger partial charge in [0.15, 0.2) is 0 Å². The van der Waals surface area contributed by atoms with Crippen LogP contribution in [0.15, 0.2) is 77.7 Å². The van der Waals surface area contributed by atoms with Gasteiger partial charge in [-0.3, -0.25) is 13.9 Å². The Hall–Kier alpha value is -4.05. The summed E-state index contributed by atoms with van der Waals surface area (Å²) in [4.78, 5) is 28.1. The third kappa shape index (κ3) is 7.29. The second kappa shape index (κ2) is 13.1. The van der Waals surface area contributed by atoms with Crippen molar-refractivity contribution in [2.45, 2.75) is 38.3 Å². The van der Waals surface area contributed by atoms with Crippen molar-refractivity contribution >= 4 is 27.5 Å². The van der Waals surface area contributed by atoms with E-state index in [1.165, 1.54) is 24.1 Å². The summed E-state index contributed by atoms with van der Waals surface area (Å²) < 4.78 is 39.2. The molecule has 0 aliphatic carbocycles. The van der Waals surface area contributed by atoms with Crippen molar-refractivity contribution in [2.75, 3.05) is 31.6 Å². The Balaban J connectivity index is 2.03. The van der Waals surface area contributed by atoms with Crippen LogP contribution in [-0.4, -0.2) is 58.5 Å². The minimum atomic E-state index is -4.13. The van der Waals surface area contributed by atoms with Crippen molar-refractivity contribution in [3.05, 3.63) is 83.9 Å².